The minimum Gasteiger partial charge on any atom is -0.321 e. The van der Waals surface area contributed by atoms with Crippen LogP contribution in [-0.4, -0.2) is 19.3 Å². The number of hydrogen-bond donors (Lipinski definition) is 2. The molecule has 0 spiro atoms. The monoisotopic (exact) mass is 260 g/mol. The van der Waals surface area contributed by atoms with E-state index in [9.17, 15) is 13.2 Å². The Balaban J connectivity index is 2.30. The maximum absolute atomic E-state index is 11.9. The largest absolute Gasteiger partial charge is 0.389 e. The van der Waals surface area contributed by atoms with Crippen LogP contribution < -0.4 is 11.1 Å². The molecule has 0 bridgehead atoms. The quantitative estimate of drug-likeness (QED) is 0.772. The highest BCUT2D eigenvalue weighted by molar-refractivity contribution is 5.23. The zero-order chi connectivity index (χ0) is 13.6. The van der Waals surface area contributed by atoms with E-state index in [4.69, 9.17) is 5.73 Å². The summed E-state index contributed by atoms with van der Waals surface area (Å²) in [7, 11) is 0. The minimum atomic E-state index is -4.08. The highest BCUT2D eigenvalue weighted by atomic mass is 19.4. The summed E-state index contributed by atoms with van der Waals surface area (Å²) in [5.41, 5.74) is 6.52. The molecule has 0 saturated heterocycles. The van der Waals surface area contributed by atoms with Crippen LogP contribution in [0.1, 0.15) is 25.3 Å². The fraction of sp³-hybridized carbons (Fsp3) is 0.538. The first kappa shape index (κ1) is 15.0. The lowest BCUT2D eigenvalue weighted by molar-refractivity contribution is -0.135. The molecule has 5 heteroatoms. The first-order chi connectivity index (χ1) is 8.31. The average Bonchev–Trinajstić information content (AvgIpc) is 2.28. The number of hydrogen-bond acceptors (Lipinski definition) is 2. The molecule has 1 unspecified atom stereocenters. The minimum absolute atomic E-state index is 0.0777. The van der Waals surface area contributed by atoms with Crippen LogP contribution in [0.2, 0.25) is 0 Å². The fourth-order valence-electron chi connectivity index (χ4n) is 1.68. The van der Waals surface area contributed by atoms with Crippen LogP contribution in [-0.2, 0) is 5.54 Å². The van der Waals surface area contributed by atoms with Gasteiger partial charge in [0, 0.05) is 13.0 Å². The molecular formula is C13H19F3N2. The molecule has 3 N–H and O–H groups in total. The Labute approximate surface area is 105 Å². The summed E-state index contributed by atoms with van der Waals surface area (Å²) in [6, 6.07) is 9.51. The van der Waals surface area contributed by atoms with Gasteiger partial charge in [-0.2, -0.15) is 13.2 Å². The summed E-state index contributed by atoms with van der Waals surface area (Å²) in [5, 5.41) is 2.97. The van der Waals surface area contributed by atoms with E-state index >= 15 is 0 Å². The van der Waals surface area contributed by atoms with Crippen LogP contribution in [0.4, 0.5) is 13.2 Å². The van der Waals surface area contributed by atoms with E-state index in [0.717, 1.165) is 5.56 Å². The van der Waals surface area contributed by atoms with E-state index in [-0.39, 0.29) is 6.42 Å². The lowest BCUT2D eigenvalue weighted by Gasteiger charge is -2.25. The Morgan fingerprint density at radius 1 is 1.17 bits per heavy atom. The van der Waals surface area contributed by atoms with Crippen LogP contribution in [0.15, 0.2) is 30.3 Å². The molecule has 1 aromatic rings. The number of benzene rings is 1. The molecule has 0 fully saturated rings. The van der Waals surface area contributed by atoms with Crippen LogP contribution in [0.5, 0.6) is 0 Å². The van der Waals surface area contributed by atoms with Crippen molar-refractivity contribution in [3.05, 3.63) is 35.9 Å². The van der Waals surface area contributed by atoms with Crippen LogP contribution in [0.3, 0.4) is 0 Å². The van der Waals surface area contributed by atoms with Crippen molar-refractivity contribution in [2.45, 2.75) is 31.5 Å². The molecule has 102 valence electrons. The van der Waals surface area contributed by atoms with Crippen molar-refractivity contribution in [1.29, 1.82) is 0 Å². The highest BCUT2D eigenvalue weighted by Gasteiger charge is 2.26. The van der Waals surface area contributed by atoms with Gasteiger partial charge in [-0.25, -0.2) is 0 Å². The van der Waals surface area contributed by atoms with E-state index in [1.807, 2.05) is 37.3 Å². The van der Waals surface area contributed by atoms with E-state index in [1.54, 1.807) is 0 Å². The predicted molar refractivity (Wildman–Crippen MR) is 66.1 cm³/mol. The summed E-state index contributed by atoms with van der Waals surface area (Å²) >= 11 is 0. The Morgan fingerprint density at radius 3 is 2.33 bits per heavy atom. The lowest BCUT2D eigenvalue weighted by Crippen LogP contribution is -2.43. The molecule has 2 nitrogen and oxygen atoms in total. The molecular weight excluding hydrogens is 241 g/mol. The van der Waals surface area contributed by atoms with Gasteiger partial charge in [-0.05, 0) is 25.5 Å². The van der Waals surface area contributed by atoms with E-state index in [2.05, 4.69) is 5.32 Å². The molecule has 0 aliphatic heterocycles. The van der Waals surface area contributed by atoms with E-state index < -0.39 is 18.1 Å². The SMILES string of the molecule is CC(N)(CNCCCC(F)(F)F)c1ccccc1. The van der Waals surface area contributed by atoms with Crippen molar-refractivity contribution in [1.82, 2.24) is 5.32 Å². The summed E-state index contributed by atoms with van der Waals surface area (Å²) < 4.78 is 35.8. The number of alkyl halides is 3. The van der Waals surface area contributed by atoms with Crippen LogP contribution >= 0.6 is 0 Å². The van der Waals surface area contributed by atoms with Gasteiger partial charge in [0.2, 0.25) is 0 Å². The second kappa shape index (κ2) is 6.20. The second-order valence-corrected chi connectivity index (χ2v) is 4.68. The number of nitrogens with one attached hydrogen (secondary N) is 1. The normalized spacial score (nSPS) is 15.4. The van der Waals surface area contributed by atoms with Gasteiger partial charge < -0.3 is 11.1 Å². The van der Waals surface area contributed by atoms with Gasteiger partial charge in [-0.15, -0.1) is 0 Å². The molecule has 0 heterocycles. The van der Waals surface area contributed by atoms with E-state index in [1.165, 1.54) is 0 Å². The van der Waals surface area contributed by atoms with Crippen molar-refractivity contribution >= 4 is 0 Å². The number of nitrogens with two attached hydrogens (primary N) is 1. The summed E-state index contributed by atoms with van der Waals surface area (Å²) in [6.45, 7) is 2.63. The third-order valence-corrected chi connectivity index (χ3v) is 2.74. The van der Waals surface area contributed by atoms with Crippen LogP contribution in [0, 0.1) is 0 Å². The molecule has 0 aliphatic carbocycles. The third-order valence-electron chi connectivity index (χ3n) is 2.74. The summed E-state index contributed by atoms with van der Waals surface area (Å²) in [6.07, 6.45) is -4.76. The molecule has 0 aromatic heterocycles. The van der Waals surface area contributed by atoms with Gasteiger partial charge in [0.25, 0.3) is 0 Å². The summed E-state index contributed by atoms with van der Waals surface area (Å²) in [5.74, 6) is 0. The fourth-order valence-corrected chi connectivity index (χ4v) is 1.68. The predicted octanol–water partition coefficient (Wildman–Crippen LogP) is 2.79. The van der Waals surface area contributed by atoms with E-state index in [0.29, 0.717) is 13.1 Å². The zero-order valence-corrected chi connectivity index (χ0v) is 10.4. The van der Waals surface area contributed by atoms with Gasteiger partial charge in [-0.1, -0.05) is 30.3 Å². The summed E-state index contributed by atoms with van der Waals surface area (Å²) in [4.78, 5) is 0. The number of halogens is 3. The molecule has 0 radical (unpaired) electrons. The van der Waals surface area contributed by atoms with Crippen molar-refractivity contribution < 1.29 is 13.2 Å². The standard InChI is InChI=1S/C13H19F3N2/c1-12(17,11-6-3-2-4-7-11)10-18-9-5-8-13(14,15)16/h2-4,6-7,18H,5,8-10,17H2,1H3. The highest BCUT2D eigenvalue weighted by Crippen LogP contribution is 2.21. The molecule has 0 saturated carbocycles. The molecule has 18 heavy (non-hydrogen) atoms. The third kappa shape index (κ3) is 5.51. The Hall–Kier alpha value is -1.07. The Morgan fingerprint density at radius 2 is 1.78 bits per heavy atom. The smallest absolute Gasteiger partial charge is 0.321 e. The van der Waals surface area contributed by atoms with Crippen molar-refractivity contribution in [2.75, 3.05) is 13.1 Å². The van der Waals surface area contributed by atoms with Crippen LogP contribution in [0.25, 0.3) is 0 Å². The van der Waals surface area contributed by atoms with Gasteiger partial charge in [-0.3, -0.25) is 0 Å². The van der Waals surface area contributed by atoms with Crippen molar-refractivity contribution in [2.24, 2.45) is 5.73 Å². The lowest BCUT2D eigenvalue weighted by atomic mass is 9.93. The first-order valence-electron chi connectivity index (χ1n) is 5.93. The van der Waals surface area contributed by atoms with Gasteiger partial charge in [0.1, 0.15) is 0 Å². The van der Waals surface area contributed by atoms with Gasteiger partial charge in [0.05, 0.1) is 5.54 Å². The molecule has 0 amide bonds. The zero-order valence-electron chi connectivity index (χ0n) is 10.4. The molecule has 1 aromatic carbocycles. The maximum atomic E-state index is 11.9. The Bertz CT molecular complexity index is 347. The first-order valence-corrected chi connectivity index (χ1v) is 5.93. The van der Waals surface area contributed by atoms with Crippen molar-refractivity contribution in [3.63, 3.8) is 0 Å². The Kier molecular flexibility index (Phi) is 5.16. The molecule has 1 atom stereocenters. The van der Waals surface area contributed by atoms with Gasteiger partial charge >= 0.3 is 6.18 Å². The topological polar surface area (TPSA) is 38.0 Å². The second-order valence-electron chi connectivity index (χ2n) is 4.68. The molecule has 1 rings (SSSR count). The maximum Gasteiger partial charge on any atom is 0.389 e. The van der Waals surface area contributed by atoms with Crippen molar-refractivity contribution in [3.8, 4) is 0 Å². The average molecular weight is 260 g/mol. The number of rotatable bonds is 6. The molecule has 0 aliphatic rings. The van der Waals surface area contributed by atoms with Gasteiger partial charge in [0.15, 0.2) is 0 Å².